The van der Waals surface area contributed by atoms with E-state index in [9.17, 15) is 0 Å². The van der Waals surface area contributed by atoms with E-state index in [1.54, 1.807) is 0 Å². The molecule has 1 rings (SSSR count). The van der Waals surface area contributed by atoms with Crippen molar-refractivity contribution in [3.05, 3.63) is 35.9 Å². The molecule has 0 fully saturated rings. The van der Waals surface area contributed by atoms with Crippen molar-refractivity contribution in [2.24, 2.45) is 0 Å². The maximum absolute atomic E-state index is 4.74. The third-order valence-electron chi connectivity index (χ3n) is 1.63. The molecule has 0 aliphatic carbocycles. The van der Waals surface area contributed by atoms with Gasteiger partial charge in [-0.05, 0) is 30.2 Å². The summed E-state index contributed by atoms with van der Waals surface area (Å²) in [5, 5.41) is 1.81. The van der Waals surface area contributed by atoms with E-state index in [0.717, 1.165) is 12.8 Å². The molecule has 0 nitrogen and oxygen atoms in total. The van der Waals surface area contributed by atoms with E-state index in [0.29, 0.717) is 0 Å². The van der Waals surface area contributed by atoms with Gasteiger partial charge in [-0.15, -0.1) is 0 Å². The van der Waals surface area contributed by atoms with Crippen LogP contribution in [-0.2, 0) is 6.42 Å². The normalized spacial score (nSPS) is 9.45. The number of hydrogen-bond donors (Lipinski definition) is 0. The van der Waals surface area contributed by atoms with Crippen LogP contribution in [0.4, 0.5) is 0 Å². The molecule has 0 atom stereocenters. The summed E-state index contributed by atoms with van der Waals surface area (Å²) in [5.74, 6) is 0. The molecule has 0 saturated heterocycles. The first-order valence-corrected chi connectivity index (χ1v) is 4.38. The van der Waals surface area contributed by atoms with Crippen molar-refractivity contribution in [3.63, 3.8) is 0 Å². The summed E-state index contributed by atoms with van der Waals surface area (Å²) in [5.41, 5.74) is 1.41. The SMILES string of the molecule is S=CCCCc1ccccc1. The minimum absolute atomic E-state index is 1.05. The molecule has 1 aromatic carbocycles. The zero-order valence-corrected chi connectivity index (χ0v) is 7.31. The fraction of sp³-hybridized carbons (Fsp3) is 0.300. The van der Waals surface area contributed by atoms with Crippen LogP contribution in [0.3, 0.4) is 0 Å². The van der Waals surface area contributed by atoms with Crippen LogP contribution < -0.4 is 0 Å². The average molecular weight is 164 g/mol. The molecule has 0 aliphatic heterocycles. The van der Waals surface area contributed by atoms with Gasteiger partial charge in [0.05, 0.1) is 0 Å². The lowest BCUT2D eigenvalue weighted by molar-refractivity contribution is 0.879. The van der Waals surface area contributed by atoms with Gasteiger partial charge in [-0.1, -0.05) is 42.5 Å². The van der Waals surface area contributed by atoms with Crippen molar-refractivity contribution in [2.75, 3.05) is 0 Å². The van der Waals surface area contributed by atoms with E-state index in [1.165, 1.54) is 12.0 Å². The number of hydrogen-bond acceptors (Lipinski definition) is 1. The Bertz CT molecular complexity index is 203. The maximum Gasteiger partial charge on any atom is -0.0210 e. The fourth-order valence-electron chi connectivity index (χ4n) is 1.03. The number of benzene rings is 1. The molecule has 58 valence electrons. The molecule has 0 N–H and O–H groups in total. The summed E-state index contributed by atoms with van der Waals surface area (Å²) in [7, 11) is 0. The summed E-state index contributed by atoms with van der Waals surface area (Å²) in [6.45, 7) is 0. The van der Waals surface area contributed by atoms with Crippen molar-refractivity contribution < 1.29 is 0 Å². The third kappa shape index (κ3) is 3.28. The summed E-state index contributed by atoms with van der Waals surface area (Å²) < 4.78 is 0. The summed E-state index contributed by atoms with van der Waals surface area (Å²) in [6, 6.07) is 10.5. The van der Waals surface area contributed by atoms with Gasteiger partial charge in [0.1, 0.15) is 0 Å². The summed E-state index contributed by atoms with van der Waals surface area (Å²) >= 11 is 4.74. The number of thiocarbonyl (C=S) groups is 1. The molecule has 0 amide bonds. The molecule has 0 aliphatic rings. The van der Waals surface area contributed by atoms with E-state index >= 15 is 0 Å². The van der Waals surface area contributed by atoms with Crippen molar-refractivity contribution >= 4 is 17.6 Å². The molecule has 11 heavy (non-hydrogen) atoms. The molecular weight excluding hydrogens is 152 g/mol. The van der Waals surface area contributed by atoms with E-state index in [4.69, 9.17) is 12.2 Å². The Balaban J connectivity index is 2.33. The van der Waals surface area contributed by atoms with Gasteiger partial charge in [0, 0.05) is 0 Å². The van der Waals surface area contributed by atoms with Gasteiger partial charge in [0.2, 0.25) is 0 Å². The fourth-order valence-corrected chi connectivity index (χ4v) is 1.20. The van der Waals surface area contributed by atoms with Crippen molar-refractivity contribution in [3.8, 4) is 0 Å². The van der Waals surface area contributed by atoms with Gasteiger partial charge in [0.25, 0.3) is 0 Å². The minimum atomic E-state index is 1.05. The Kier molecular flexibility index (Phi) is 3.84. The van der Waals surface area contributed by atoms with Crippen molar-refractivity contribution in [2.45, 2.75) is 19.3 Å². The van der Waals surface area contributed by atoms with E-state index in [1.807, 2.05) is 11.4 Å². The Morgan fingerprint density at radius 3 is 2.55 bits per heavy atom. The van der Waals surface area contributed by atoms with Crippen molar-refractivity contribution in [1.29, 1.82) is 0 Å². The molecule has 1 heteroatoms. The Morgan fingerprint density at radius 2 is 1.91 bits per heavy atom. The van der Waals surface area contributed by atoms with Crippen LogP contribution in [0, 0.1) is 0 Å². The first-order chi connectivity index (χ1) is 5.43. The molecule has 0 aromatic heterocycles. The van der Waals surface area contributed by atoms with E-state index in [-0.39, 0.29) is 0 Å². The lowest BCUT2D eigenvalue weighted by atomic mass is 10.1. The quantitative estimate of drug-likeness (QED) is 0.487. The first kappa shape index (κ1) is 8.41. The second kappa shape index (κ2) is 5.03. The Labute approximate surface area is 73.2 Å². The third-order valence-corrected chi connectivity index (χ3v) is 1.87. The van der Waals surface area contributed by atoms with Gasteiger partial charge < -0.3 is 0 Å². The van der Waals surface area contributed by atoms with Gasteiger partial charge in [-0.25, -0.2) is 0 Å². The van der Waals surface area contributed by atoms with E-state index in [2.05, 4.69) is 24.3 Å². The van der Waals surface area contributed by atoms with E-state index < -0.39 is 0 Å². The summed E-state index contributed by atoms with van der Waals surface area (Å²) in [6.07, 6.45) is 3.37. The lowest BCUT2D eigenvalue weighted by Crippen LogP contribution is -1.83. The molecule has 1 aromatic rings. The zero-order valence-electron chi connectivity index (χ0n) is 6.49. The Hall–Kier alpha value is -0.690. The smallest absolute Gasteiger partial charge is 0.0210 e. The van der Waals surface area contributed by atoms with Crippen LogP contribution in [0.2, 0.25) is 0 Å². The van der Waals surface area contributed by atoms with Crippen LogP contribution in [0.25, 0.3) is 0 Å². The van der Waals surface area contributed by atoms with Gasteiger partial charge in [-0.3, -0.25) is 0 Å². The molecule has 0 unspecified atom stereocenters. The molecule has 0 saturated carbocycles. The van der Waals surface area contributed by atoms with Crippen LogP contribution in [0.5, 0.6) is 0 Å². The van der Waals surface area contributed by atoms with Crippen LogP contribution in [0.15, 0.2) is 30.3 Å². The highest BCUT2D eigenvalue weighted by atomic mass is 32.1. The topological polar surface area (TPSA) is 0 Å². The van der Waals surface area contributed by atoms with Crippen molar-refractivity contribution in [1.82, 2.24) is 0 Å². The molecule has 0 spiro atoms. The number of aryl methyl sites for hydroxylation is 1. The van der Waals surface area contributed by atoms with Crippen LogP contribution in [-0.4, -0.2) is 5.37 Å². The minimum Gasteiger partial charge on any atom is -0.0935 e. The summed E-state index contributed by atoms with van der Waals surface area (Å²) in [4.78, 5) is 0. The molecule has 0 heterocycles. The molecule has 0 radical (unpaired) electrons. The number of unbranched alkanes of at least 4 members (excludes halogenated alkanes) is 1. The van der Waals surface area contributed by atoms with Gasteiger partial charge in [0.15, 0.2) is 0 Å². The predicted molar refractivity (Wildman–Crippen MR) is 53.0 cm³/mol. The van der Waals surface area contributed by atoms with Crippen LogP contribution >= 0.6 is 12.2 Å². The standard InChI is InChI=1S/C10H12S/c11-9-5-4-8-10-6-2-1-3-7-10/h1-3,6-7,9H,4-5,8H2. The molecular formula is C10H12S. The maximum atomic E-state index is 4.74. The molecule has 0 bridgehead atoms. The lowest BCUT2D eigenvalue weighted by Gasteiger charge is -1.96. The predicted octanol–water partition coefficient (Wildman–Crippen LogP) is 3.01. The number of rotatable bonds is 4. The van der Waals surface area contributed by atoms with Crippen LogP contribution in [0.1, 0.15) is 18.4 Å². The first-order valence-electron chi connectivity index (χ1n) is 3.91. The average Bonchev–Trinajstić information content (AvgIpc) is 2.07. The zero-order chi connectivity index (χ0) is 7.94. The van der Waals surface area contributed by atoms with Gasteiger partial charge in [-0.2, -0.15) is 0 Å². The largest absolute Gasteiger partial charge is 0.0935 e. The Morgan fingerprint density at radius 1 is 1.18 bits per heavy atom. The highest BCUT2D eigenvalue weighted by molar-refractivity contribution is 7.78. The monoisotopic (exact) mass is 164 g/mol. The van der Waals surface area contributed by atoms with Gasteiger partial charge >= 0.3 is 0 Å². The second-order valence-electron chi connectivity index (χ2n) is 2.54. The highest BCUT2D eigenvalue weighted by Crippen LogP contribution is 2.02. The second-order valence-corrected chi connectivity index (χ2v) is 2.88. The highest BCUT2D eigenvalue weighted by Gasteiger charge is 1.88.